The molecule has 0 aliphatic heterocycles. The zero-order valence-electron chi connectivity index (χ0n) is 11.4. The van der Waals surface area contributed by atoms with Crippen molar-refractivity contribution in [2.45, 2.75) is 31.8 Å². The molecule has 1 unspecified atom stereocenters. The Morgan fingerprint density at radius 2 is 1.80 bits per heavy atom. The van der Waals surface area contributed by atoms with Crippen molar-refractivity contribution in [2.24, 2.45) is 0 Å². The van der Waals surface area contributed by atoms with E-state index in [1.165, 1.54) is 12.1 Å². The van der Waals surface area contributed by atoms with E-state index in [2.05, 4.69) is 0 Å². The van der Waals surface area contributed by atoms with E-state index in [9.17, 15) is 9.50 Å². The highest BCUT2D eigenvalue weighted by molar-refractivity contribution is 6.30. The quantitative estimate of drug-likeness (QED) is 0.866. The molecule has 0 heterocycles. The van der Waals surface area contributed by atoms with Gasteiger partial charge in [-0.15, -0.1) is 0 Å². The Bertz CT molecular complexity index is 570. The van der Waals surface area contributed by atoms with E-state index in [1.54, 1.807) is 6.07 Å². The van der Waals surface area contributed by atoms with Crippen LogP contribution < -0.4 is 0 Å². The zero-order valence-corrected chi connectivity index (χ0v) is 12.2. The minimum absolute atomic E-state index is 0.255. The van der Waals surface area contributed by atoms with E-state index in [-0.39, 0.29) is 12.2 Å². The molecule has 0 fully saturated rings. The van der Waals surface area contributed by atoms with Gasteiger partial charge in [0.05, 0.1) is 5.60 Å². The van der Waals surface area contributed by atoms with Crippen molar-refractivity contribution in [3.8, 4) is 0 Å². The van der Waals surface area contributed by atoms with Crippen LogP contribution in [0.3, 0.4) is 0 Å². The SMILES string of the molecule is CCC(O)(Cc1ccccc1)Cc1cc(Cl)ccc1F. The van der Waals surface area contributed by atoms with Crippen LogP contribution in [0.15, 0.2) is 48.5 Å². The van der Waals surface area contributed by atoms with Crippen molar-refractivity contribution in [1.82, 2.24) is 0 Å². The summed E-state index contributed by atoms with van der Waals surface area (Å²) in [5, 5.41) is 11.2. The van der Waals surface area contributed by atoms with Gasteiger partial charge in [-0.3, -0.25) is 0 Å². The molecule has 106 valence electrons. The van der Waals surface area contributed by atoms with E-state index in [0.717, 1.165) is 5.56 Å². The Balaban J connectivity index is 2.20. The highest BCUT2D eigenvalue weighted by Gasteiger charge is 2.27. The normalized spacial score (nSPS) is 14.0. The first-order valence-corrected chi connectivity index (χ1v) is 7.10. The molecule has 2 aromatic rings. The average Bonchev–Trinajstić information content (AvgIpc) is 2.44. The third-order valence-electron chi connectivity index (χ3n) is 3.56. The first kappa shape index (κ1) is 15.0. The topological polar surface area (TPSA) is 20.2 Å². The summed E-state index contributed by atoms with van der Waals surface area (Å²) in [5.74, 6) is -0.325. The number of benzene rings is 2. The maximum Gasteiger partial charge on any atom is 0.126 e. The van der Waals surface area contributed by atoms with Gasteiger partial charge in [0.2, 0.25) is 0 Å². The van der Waals surface area contributed by atoms with E-state index in [1.807, 2.05) is 37.3 Å². The van der Waals surface area contributed by atoms with Gasteiger partial charge in [-0.25, -0.2) is 4.39 Å². The number of hydrogen-bond acceptors (Lipinski definition) is 1. The van der Waals surface area contributed by atoms with Gasteiger partial charge in [0, 0.05) is 17.9 Å². The summed E-state index contributed by atoms with van der Waals surface area (Å²) in [6.07, 6.45) is 1.30. The predicted molar refractivity (Wildman–Crippen MR) is 80.5 cm³/mol. The van der Waals surface area contributed by atoms with Crippen LogP contribution in [-0.2, 0) is 12.8 Å². The van der Waals surface area contributed by atoms with Crippen LogP contribution in [0.4, 0.5) is 4.39 Å². The Morgan fingerprint density at radius 1 is 1.10 bits per heavy atom. The smallest absolute Gasteiger partial charge is 0.126 e. The van der Waals surface area contributed by atoms with Crippen LogP contribution in [-0.4, -0.2) is 10.7 Å². The van der Waals surface area contributed by atoms with Gasteiger partial charge in [0.15, 0.2) is 0 Å². The van der Waals surface area contributed by atoms with E-state index < -0.39 is 5.60 Å². The Morgan fingerprint density at radius 3 is 2.45 bits per heavy atom. The molecular formula is C17H18ClFO. The number of hydrogen-bond donors (Lipinski definition) is 1. The van der Waals surface area contributed by atoms with Gasteiger partial charge in [-0.1, -0.05) is 48.9 Å². The molecule has 0 saturated carbocycles. The summed E-state index contributed by atoms with van der Waals surface area (Å²) in [4.78, 5) is 0. The van der Waals surface area contributed by atoms with Crippen molar-refractivity contribution < 1.29 is 9.50 Å². The average molecular weight is 293 g/mol. The van der Waals surface area contributed by atoms with Gasteiger partial charge in [0.1, 0.15) is 5.82 Å². The van der Waals surface area contributed by atoms with E-state index in [4.69, 9.17) is 11.6 Å². The number of halogens is 2. The maximum atomic E-state index is 13.8. The molecule has 0 aliphatic carbocycles. The van der Waals surface area contributed by atoms with Crippen molar-refractivity contribution in [3.05, 3.63) is 70.5 Å². The lowest BCUT2D eigenvalue weighted by Gasteiger charge is -2.27. The van der Waals surface area contributed by atoms with Gasteiger partial charge in [-0.05, 0) is 35.7 Å². The summed E-state index contributed by atoms with van der Waals surface area (Å²) >= 11 is 5.90. The first-order valence-electron chi connectivity index (χ1n) is 6.73. The van der Waals surface area contributed by atoms with Crippen LogP contribution >= 0.6 is 11.6 Å². The van der Waals surface area contributed by atoms with Crippen LogP contribution in [0.1, 0.15) is 24.5 Å². The fraction of sp³-hybridized carbons (Fsp3) is 0.294. The maximum absolute atomic E-state index is 13.8. The Kier molecular flexibility index (Phi) is 4.79. The lowest BCUT2D eigenvalue weighted by Crippen LogP contribution is -2.33. The molecule has 1 nitrogen and oxygen atoms in total. The second-order valence-electron chi connectivity index (χ2n) is 5.15. The molecule has 0 bridgehead atoms. The molecule has 0 saturated heterocycles. The molecule has 2 aromatic carbocycles. The summed E-state index contributed by atoms with van der Waals surface area (Å²) in [6.45, 7) is 1.91. The standard InChI is InChI=1S/C17H18ClFO/c1-2-17(20,11-13-6-4-3-5-7-13)12-14-10-15(18)8-9-16(14)19/h3-10,20H,2,11-12H2,1H3. The van der Waals surface area contributed by atoms with Gasteiger partial charge in [-0.2, -0.15) is 0 Å². The minimum atomic E-state index is -0.965. The lowest BCUT2D eigenvalue weighted by atomic mass is 9.86. The first-order chi connectivity index (χ1) is 9.52. The monoisotopic (exact) mass is 292 g/mol. The van der Waals surface area contributed by atoms with Crippen LogP contribution in [0, 0.1) is 5.82 Å². The molecule has 1 N–H and O–H groups in total. The highest BCUT2D eigenvalue weighted by atomic mass is 35.5. The summed E-state index contributed by atoms with van der Waals surface area (Å²) in [7, 11) is 0. The van der Waals surface area contributed by atoms with E-state index in [0.29, 0.717) is 23.4 Å². The summed E-state index contributed by atoms with van der Waals surface area (Å²) in [5.41, 5.74) is 0.532. The molecule has 20 heavy (non-hydrogen) atoms. The molecule has 0 aromatic heterocycles. The van der Waals surface area contributed by atoms with E-state index >= 15 is 0 Å². The molecular weight excluding hydrogens is 275 g/mol. The van der Waals surface area contributed by atoms with Crippen molar-refractivity contribution in [1.29, 1.82) is 0 Å². The lowest BCUT2D eigenvalue weighted by molar-refractivity contribution is 0.0360. The molecule has 0 radical (unpaired) electrons. The predicted octanol–water partition coefficient (Wildman–Crippen LogP) is 4.41. The largest absolute Gasteiger partial charge is 0.389 e. The molecule has 3 heteroatoms. The Labute approximate surface area is 124 Å². The zero-order chi connectivity index (χ0) is 14.6. The van der Waals surface area contributed by atoms with Gasteiger partial charge in [0.25, 0.3) is 0 Å². The van der Waals surface area contributed by atoms with Gasteiger partial charge < -0.3 is 5.11 Å². The third kappa shape index (κ3) is 3.81. The van der Waals surface area contributed by atoms with Crippen LogP contribution in [0.2, 0.25) is 5.02 Å². The van der Waals surface area contributed by atoms with Gasteiger partial charge >= 0.3 is 0 Å². The van der Waals surface area contributed by atoms with Crippen molar-refractivity contribution in [3.63, 3.8) is 0 Å². The molecule has 0 amide bonds. The molecule has 1 atom stereocenters. The van der Waals surface area contributed by atoms with Crippen molar-refractivity contribution >= 4 is 11.6 Å². The van der Waals surface area contributed by atoms with Crippen LogP contribution in [0.5, 0.6) is 0 Å². The van der Waals surface area contributed by atoms with Crippen molar-refractivity contribution in [2.75, 3.05) is 0 Å². The minimum Gasteiger partial charge on any atom is -0.389 e. The summed E-state index contributed by atoms with van der Waals surface area (Å²) in [6, 6.07) is 14.2. The molecule has 2 rings (SSSR count). The molecule has 0 aliphatic rings. The second kappa shape index (κ2) is 6.38. The summed E-state index contributed by atoms with van der Waals surface area (Å²) < 4.78 is 13.8. The molecule has 0 spiro atoms. The third-order valence-corrected chi connectivity index (χ3v) is 3.80. The Hall–Kier alpha value is -1.38. The highest BCUT2D eigenvalue weighted by Crippen LogP contribution is 2.25. The second-order valence-corrected chi connectivity index (χ2v) is 5.59. The van der Waals surface area contributed by atoms with Crippen LogP contribution in [0.25, 0.3) is 0 Å². The number of aliphatic hydroxyl groups is 1. The fourth-order valence-corrected chi connectivity index (χ4v) is 2.52. The fourth-order valence-electron chi connectivity index (χ4n) is 2.32. The number of rotatable bonds is 5.